The van der Waals surface area contributed by atoms with Crippen molar-refractivity contribution in [3.63, 3.8) is 0 Å². The predicted octanol–water partition coefficient (Wildman–Crippen LogP) is 2.15. The predicted molar refractivity (Wildman–Crippen MR) is 70.7 cm³/mol. The molecule has 86 valence electrons. The first-order chi connectivity index (χ1) is 7.66. The Morgan fingerprint density at radius 2 is 2.31 bits per heavy atom. The smallest absolute Gasteiger partial charge is 0.194 e. The van der Waals surface area contributed by atoms with Crippen molar-refractivity contribution in [2.24, 2.45) is 4.99 Å². The summed E-state index contributed by atoms with van der Waals surface area (Å²) >= 11 is 3.47. The van der Waals surface area contributed by atoms with Crippen LogP contribution in [-0.2, 0) is 6.54 Å². The molecule has 0 spiro atoms. The van der Waals surface area contributed by atoms with Crippen LogP contribution in [0.4, 0.5) is 0 Å². The molecule has 16 heavy (non-hydrogen) atoms. The van der Waals surface area contributed by atoms with Crippen LogP contribution in [0.5, 0.6) is 0 Å². The third kappa shape index (κ3) is 2.55. The van der Waals surface area contributed by atoms with Gasteiger partial charge in [0, 0.05) is 24.6 Å². The Balaban J connectivity index is 1.99. The van der Waals surface area contributed by atoms with Crippen molar-refractivity contribution in [3.05, 3.63) is 33.8 Å². The van der Waals surface area contributed by atoms with Crippen molar-refractivity contribution in [3.8, 4) is 0 Å². The van der Waals surface area contributed by atoms with E-state index in [1.165, 1.54) is 11.1 Å². The van der Waals surface area contributed by atoms with E-state index in [0.29, 0.717) is 0 Å². The van der Waals surface area contributed by atoms with Crippen LogP contribution in [0.1, 0.15) is 11.1 Å². The Labute approximate surface area is 105 Å². The summed E-state index contributed by atoms with van der Waals surface area (Å²) in [6.07, 6.45) is 0. The zero-order chi connectivity index (χ0) is 11.5. The third-order valence-electron chi connectivity index (χ3n) is 2.80. The summed E-state index contributed by atoms with van der Waals surface area (Å²) in [5.74, 6) is 1.00. The van der Waals surface area contributed by atoms with Crippen LogP contribution < -0.4 is 5.32 Å². The van der Waals surface area contributed by atoms with Crippen LogP contribution in [0.15, 0.2) is 27.7 Å². The summed E-state index contributed by atoms with van der Waals surface area (Å²) in [7, 11) is 2.06. The van der Waals surface area contributed by atoms with E-state index in [0.717, 1.165) is 30.1 Å². The standard InChI is InChI=1S/C12H16BrN3/c1-9-7-11(13)4-3-10(9)8-15-12-14-5-6-16(12)2/h3-4,7H,5-6,8H2,1-2H3,(H,14,15). The molecule has 0 bridgehead atoms. The first kappa shape index (κ1) is 11.5. The van der Waals surface area contributed by atoms with Gasteiger partial charge < -0.3 is 10.2 Å². The van der Waals surface area contributed by atoms with E-state index in [1.54, 1.807) is 0 Å². The van der Waals surface area contributed by atoms with Crippen LogP contribution in [0.3, 0.4) is 0 Å². The molecule has 0 aromatic heterocycles. The van der Waals surface area contributed by atoms with E-state index in [9.17, 15) is 0 Å². The Morgan fingerprint density at radius 1 is 1.50 bits per heavy atom. The van der Waals surface area contributed by atoms with E-state index in [-0.39, 0.29) is 0 Å². The van der Waals surface area contributed by atoms with Gasteiger partial charge in [0.2, 0.25) is 0 Å². The molecule has 1 aliphatic heterocycles. The molecule has 1 aromatic carbocycles. The lowest BCUT2D eigenvalue weighted by Crippen LogP contribution is -2.35. The number of aliphatic imine (C=N–C) groups is 1. The van der Waals surface area contributed by atoms with Crippen molar-refractivity contribution in [2.75, 3.05) is 20.1 Å². The van der Waals surface area contributed by atoms with Crippen LogP contribution >= 0.6 is 15.9 Å². The number of nitrogens with one attached hydrogen (secondary N) is 1. The number of nitrogens with zero attached hydrogens (tertiary/aromatic N) is 2. The minimum atomic E-state index is 0.836. The van der Waals surface area contributed by atoms with Crippen molar-refractivity contribution in [2.45, 2.75) is 13.5 Å². The maximum atomic E-state index is 4.40. The van der Waals surface area contributed by atoms with Gasteiger partial charge in [-0.15, -0.1) is 0 Å². The summed E-state index contributed by atoms with van der Waals surface area (Å²) < 4.78 is 1.13. The molecule has 0 saturated heterocycles. The molecular weight excluding hydrogens is 266 g/mol. The molecule has 0 fully saturated rings. The lowest BCUT2D eigenvalue weighted by atomic mass is 10.1. The fraction of sp³-hybridized carbons (Fsp3) is 0.417. The van der Waals surface area contributed by atoms with Gasteiger partial charge in [0.05, 0.1) is 6.54 Å². The van der Waals surface area contributed by atoms with Gasteiger partial charge in [-0.25, -0.2) is 0 Å². The monoisotopic (exact) mass is 281 g/mol. The van der Waals surface area contributed by atoms with E-state index in [4.69, 9.17) is 0 Å². The number of likely N-dealkylation sites (N-methyl/N-ethyl adjacent to an activating group) is 1. The summed E-state index contributed by atoms with van der Waals surface area (Å²) in [6, 6.07) is 6.35. The largest absolute Gasteiger partial charge is 0.352 e. The zero-order valence-corrected chi connectivity index (χ0v) is 11.2. The number of benzene rings is 1. The molecule has 1 heterocycles. The van der Waals surface area contributed by atoms with Crippen LogP contribution in [0, 0.1) is 6.92 Å². The lowest BCUT2D eigenvalue weighted by Gasteiger charge is -2.16. The van der Waals surface area contributed by atoms with Gasteiger partial charge in [0.25, 0.3) is 0 Å². The van der Waals surface area contributed by atoms with E-state index < -0.39 is 0 Å². The molecule has 1 aliphatic rings. The van der Waals surface area contributed by atoms with E-state index in [1.807, 2.05) is 0 Å². The quantitative estimate of drug-likeness (QED) is 0.900. The number of hydrogen-bond acceptors (Lipinski definition) is 3. The summed E-state index contributed by atoms with van der Waals surface area (Å²) in [5, 5.41) is 3.37. The van der Waals surface area contributed by atoms with Crippen LogP contribution in [0.25, 0.3) is 0 Å². The van der Waals surface area contributed by atoms with Gasteiger partial charge in [-0.1, -0.05) is 22.0 Å². The van der Waals surface area contributed by atoms with Gasteiger partial charge in [0.15, 0.2) is 5.96 Å². The van der Waals surface area contributed by atoms with Gasteiger partial charge in [-0.3, -0.25) is 4.99 Å². The minimum Gasteiger partial charge on any atom is -0.352 e. The molecule has 0 amide bonds. The SMILES string of the molecule is Cc1cc(Br)ccc1CNC1=NCCN1C. The van der Waals surface area contributed by atoms with Gasteiger partial charge in [0.1, 0.15) is 0 Å². The Morgan fingerprint density at radius 3 is 2.94 bits per heavy atom. The van der Waals surface area contributed by atoms with E-state index >= 15 is 0 Å². The molecular formula is C12H16BrN3. The maximum Gasteiger partial charge on any atom is 0.194 e. The first-order valence-electron chi connectivity index (χ1n) is 5.41. The highest BCUT2D eigenvalue weighted by atomic mass is 79.9. The van der Waals surface area contributed by atoms with Crippen molar-refractivity contribution >= 4 is 21.9 Å². The maximum absolute atomic E-state index is 4.40. The van der Waals surface area contributed by atoms with Crippen molar-refractivity contribution in [1.29, 1.82) is 0 Å². The fourth-order valence-electron chi connectivity index (χ4n) is 1.76. The molecule has 1 aromatic rings. The second-order valence-corrected chi connectivity index (χ2v) is 4.97. The molecule has 0 aliphatic carbocycles. The Kier molecular flexibility index (Phi) is 3.49. The number of aryl methyl sites for hydroxylation is 1. The molecule has 1 N–H and O–H groups in total. The molecule has 2 rings (SSSR count). The van der Waals surface area contributed by atoms with Gasteiger partial charge >= 0.3 is 0 Å². The number of halogens is 1. The average Bonchev–Trinajstić information content (AvgIpc) is 2.63. The second kappa shape index (κ2) is 4.87. The summed E-state index contributed by atoms with van der Waals surface area (Å²) in [4.78, 5) is 6.55. The second-order valence-electron chi connectivity index (χ2n) is 4.05. The Bertz CT molecular complexity index is 415. The van der Waals surface area contributed by atoms with Crippen LogP contribution in [-0.4, -0.2) is 31.0 Å². The topological polar surface area (TPSA) is 27.6 Å². The van der Waals surface area contributed by atoms with E-state index in [2.05, 4.69) is 63.3 Å². The highest BCUT2D eigenvalue weighted by Crippen LogP contribution is 2.15. The molecule has 3 nitrogen and oxygen atoms in total. The highest BCUT2D eigenvalue weighted by Gasteiger charge is 2.11. The molecule has 0 atom stereocenters. The number of rotatable bonds is 2. The average molecular weight is 282 g/mol. The molecule has 4 heteroatoms. The summed E-state index contributed by atoms with van der Waals surface area (Å²) in [5.41, 5.74) is 2.61. The molecule has 0 radical (unpaired) electrons. The minimum absolute atomic E-state index is 0.836. The van der Waals surface area contributed by atoms with Gasteiger partial charge in [-0.05, 0) is 30.2 Å². The molecule has 0 unspecified atom stereocenters. The number of hydrogen-bond donors (Lipinski definition) is 1. The highest BCUT2D eigenvalue weighted by molar-refractivity contribution is 9.10. The van der Waals surface area contributed by atoms with Gasteiger partial charge in [-0.2, -0.15) is 0 Å². The van der Waals surface area contributed by atoms with Crippen molar-refractivity contribution in [1.82, 2.24) is 10.2 Å². The fourth-order valence-corrected chi connectivity index (χ4v) is 2.23. The first-order valence-corrected chi connectivity index (χ1v) is 6.20. The normalized spacial score (nSPS) is 15.2. The number of guanidine groups is 1. The Hall–Kier alpha value is -1.03. The van der Waals surface area contributed by atoms with Crippen LogP contribution in [0.2, 0.25) is 0 Å². The zero-order valence-electron chi connectivity index (χ0n) is 9.63. The third-order valence-corrected chi connectivity index (χ3v) is 3.29. The van der Waals surface area contributed by atoms with Crippen molar-refractivity contribution < 1.29 is 0 Å². The summed E-state index contributed by atoms with van der Waals surface area (Å²) in [6.45, 7) is 4.88. The lowest BCUT2D eigenvalue weighted by molar-refractivity contribution is 0.534. The molecule has 0 saturated carbocycles.